The van der Waals surface area contributed by atoms with Crippen molar-refractivity contribution < 1.29 is 4.79 Å². The fourth-order valence-electron chi connectivity index (χ4n) is 4.77. The van der Waals surface area contributed by atoms with Crippen LogP contribution in [0.25, 0.3) is 5.69 Å². The summed E-state index contributed by atoms with van der Waals surface area (Å²) in [5.74, 6) is -0.228. The quantitative estimate of drug-likeness (QED) is 0.900. The number of fused-ring (bicyclic) bond motifs is 1. The van der Waals surface area contributed by atoms with E-state index in [9.17, 15) is 4.79 Å². The molecule has 1 unspecified atom stereocenters. The number of amides is 1. The number of aryl methyl sites for hydroxylation is 1. The molecule has 1 amide bonds. The van der Waals surface area contributed by atoms with Crippen LogP contribution in [0, 0.1) is 20.8 Å². The van der Waals surface area contributed by atoms with Crippen LogP contribution in [0.2, 0.25) is 0 Å². The number of hydrogen-bond acceptors (Lipinski definition) is 1. The number of nitrogens with zero attached hydrogens (tertiary/aromatic N) is 1. The molecular formula is C20H26N2O. The highest BCUT2D eigenvalue weighted by molar-refractivity contribution is 5.89. The van der Waals surface area contributed by atoms with Gasteiger partial charge in [0.1, 0.15) is 0 Å². The molecule has 1 heterocycles. The zero-order valence-corrected chi connectivity index (χ0v) is 14.9. The third-order valence-electron chi connectivity index (χ3n) is 5.47. The number of aromatic nitrogens is 1. The summed E-state index contributed by atoms with van der Waals surface area (Å²) in [6.07, 6.45) is 0.774. The summed E-state index contributed by atoms with van der Waals surface area (Å²) in [6.45, 7) is 12.8. The Bertz CT molecular complexity index is 813. The van der Waals surface area contributed by atoms with Crippen molar-refractivity contribution in [1.29, 1.82) is 0 Å². The molecule has 0 bridgehead atoms. The average molecular weight is 310 g/mol. The first-order valence-electron chi connectivity index (χ1n) is 8.19. The highest BCUT2D eigenvalue weighted by atomic mass is 16.1. The van der Waals surface area contributed by atoms with Gasteiger partial charge in [0.2, 0.25) is 5.91 Å². The van der Waals surface area contributed by atoms with Crippen LogP contribution in [0.3, 0.4) is 0 Å². The minimum atomic E-state index is -0.594. The second kappa shape index (κ2) is 4.73. The second-order valence-electron chi connectivity index (χ2n) is 7.85. The Labute approximate surface area is 138 Å². The van der Waals surface area contributed by atoms with E-state index in [0.29, 0.717) is 0 Å². The Hall–Kier alpha value is -2.03. The van der Waals surface area contributed by atoms with Crippen molar-refractivity contribution in [2.45, 2.75) is 58.8 Å². The Morgan fingerprint density at radius 1 is 1.09 bits per heavy atom. The maximum absolute atomic E-state index is 12.3. The van der Waals surface area contributed by atoms with Crippen LogP contribution in [0.5, 0.6) is 0 Å². The van der Waals surface area contributed by atoms with Gasteiger partial charge in [0.05, 0.1) is 5.41 Å². The van der Waals surface area contributed by atoms with Crippen LogP contribution in [0.4, 0.5) is 0 Å². The summed E-state index contributed by atoms with van der Waals surface area (Å²) in [5.41, 5.74) is 12.3. The van der Waals surface area contributed by atoms with E-state index in [1.807, 2.05) is 6.92 Å². The van der Waals surface area contributed by atoms with Crippen molar-refractivity contribution in [2.24, 2.45) is 5.73 Å². The van der Waals surface area contributed by atoms with Gasteiger partial charge in [-0.15, -0.1) is 0 Å². The first-order chi connectivity index (χ1) is 10.6. The molecular weight excluding hydrogens is 284 g/mol. The Morgan fingerprint density at radius 2 is 1.70 bits per heavy atom. The van der Waals surface area contributed by atoms with Crippen molar-refractivity contribution in [2.75, 3.05) is 0 Å². The Kier molecular flexibility index (Phi) is 3.26. The lowest BCUT2D eigenvalue weighted by atomic mass is 9.79. The van der Waals surface area contributed by atoms with Gasteiger partial charge in [-0.25, -0.2) is 0 Å². The molecule has 122 valence electrons. The first kappa shape index (κ1) is 15.9. The minimum absolute atomic E-state index is 0.0525. The van der Waals surface area contributed by atoms with E-state index in [-0.39, 0.29) is 11.3 Å². The molecule has 0 aliphatic heterocycles. The van der Waals surface area contributed by atoms with Crippen molar-refractivity contribution in [3.8, 4) is 5.69 Å². The summed E-state index contributed by atoms with van der Waals surface area (Å²) in [4.78, 5) is 12.3. The predicted octanol–water partition coefficient (Wildman–Crippen LogP) is 3.83. The van der Waals surface area contributed by atoms with E-state index in [4.69, 9.17) is 5.73 Å². The van der Waals surface area contributed by atoms with E-state index in [0.717, 1.165) is 23.4 Å². The van der Waals surface area contributed by atoms with E-state index in [1.165, 1.54) is 16.8 Å². The van der Waals surface area contributed by atoms with Crippen LogP contribution in [-0.2, 0) is 15.6 Å². The second-order valence-corrected chi connectivity index (χ2v) is 7.85. The molecule has 0 spiro atoms. The van der Waals surface area contributed by atoms with Gasteiger partial charge < -0.3 is 10.3 Å². The van der Waals surface area contributed by atoms with Gasteiger partial charge in [-0.2, -0.15) is 0 Å². The number of carbonyl (C=O) groups excluding carboxylic acids is 1. The molecule has 0 radical (unpaired) electrons. The molecule has 1 aromatic heterocycles. The van der Waals surface area contributed by atoms with Gasteiger partial charge in [0, 0.05) is 17.1 Å². The zero-order chi connectivity index (χ0) is 17.2. The molecule has 1 aliphatic carbocycles. The largest absolute Gasteiger partial charge is 0.369 e. The summed E-state index contributed by atoms with van der Waals surface area (Å²) >= 11 is 0. The zero-order valence-electron chi connectivity index (χ0n) is 14.9. The fraction of sp³-hybridized carbons (Fsp3) is 0.450. The van der Waals surface area contributed by atoms with Crippen molar-refractivity contribution in [1.82, 2.24) is 4.57 Å². The third kappa shape index (κ3) is 2.06. The molecule has 2 aromatic rings. The van der Waals surface area contributed by atoms with Gasteiger partial charge in [-0.1, -0.05) is 26.0 Å². The normalized spacial score (nSPS) is 22.2. The smallest absolute Gasteiger partial charge is 0.227 e. The minimum Gasteiger partial charge on any atom is -0.369 e. The fourth-order valence-corrected chi connectivity index (χ4v) is 4.77. The lowest BCUT2D eigenvalue weighted by Gasteiger charge is -2.27. The Morgan fingerprint density at radius 3 is 2.26 bits per heavy atom. The summed E-state index contributed by atoms with van der Waals surface area (Å²) in [7, 11) is 0. The van der Waals surface area contributed by atoms with E-state index < -0.39 is 5.41 Å². The molecule has 0 saturated carbocycles. The SMILES string of the molecule is Cc1cccc(-n2c(C)c3c(c2C)C(C)(C(N)=O)CC3(C)C)c1. The number of primary amides is 1. The monoisotopic (exact) mass is 310 g/mol. The van der Waals surface area contributed by atoms with Crippen LogP contribution in [-0.4, -0.2) is 10.5 Å². The number of hydrogen-bond donors (Lipinski definition) is 1. The molecule has 0 fully saturated rings. The summed E-state index contributed by atoms with van der Waals surface area (Å²) in [5, 5.41) is 0. The molecule has 3 nitrogen and oxygen atoms in total. The summed E-state index contributed by atoms with van der Waals surface area (Å²) < 4.78 is 2.28. The van der Waals surface area contributed by atoms with E-state index in [1.54, 1.807) is 0 Å². The molecule has 1 atom stereocenters. The van der Waals surface area contributed by atoms with Gasteiger partial charge in [-0.3, -0.25) is 4.79 Å². The van der Waals surface area contributed by atoms with Crippen molar-refractivity contribution >= 4 is 5.91 Å². The van der Waals surface area contributed by atoms with Crippen LogP contribution < -0.4 is 5.73 Å². The molecule has 3 rings (SSSR count). The molecule has 2 N–H and O–H groups in total. The molecule has 0 saturated heterocycles. The van der Waals surface area contributed by atoms with Gasteiger partial charge in [0.15, 0.2) is 0 Å². The van der Waals surface area contributed by atoms with Gasteiger partial charge in [-0.05, 0) is 68.4 Å². The van der Waals surface area contributed by atoms with Crippen molar-refractivity contribution in [3.63, 3.8) is 0 Å². The van der Waals surface area contributed by atoms with Gasteiger partial charge in [0.25, 0.3) is 0 Å². The lowest BCUT2D eigenvalue weighted by molar-refractivity contribution is -0.123. The standard InChI is InChI=1S/C20H26N2O/c1-12-8-7-9-15(10-12)22-13(2)16-17(14(22)3)20(6,18(21)23)11-19(16,4)5/h7-10H,11H2,1-6H3,(H2,21,23). The lowest BCUT2D eigenvalue weighted by Crippen LogP contribution is -2.38. The maximum atomic E-state index is 12.3. The average Bonchev–Trinajstić information content (AvgIpc) is 2.82. The molecule has 1 aromatic carbocycles. The molecule has 23 heavy (non-hydrogen) atoms. The van der Waals surface area contributed by atoms with Crippen LogP contribution in [0.1, 0.15) is 55.3 Å². The van der Waals surface area contributed by atoms with Crippen LogP contribution >= 0.6 is 0 Å². The number of benzene rings is 1. The molecule has 1 aliphatic rings. The van der Waals surface area contributed by atoms with E-state index >= 15 is 0 Å². The number of nitrogens with two attached hydrogens (primary N) is 1. The maximum Gasteiger partial charge on any atom is 0.227 e. The van der Waals surface area contributed by atoms with Gasteiger partial charge >= 0.3 is 0 Å². The van der Waals surface area contributed by atoms with Crippen molar-refractivity contribution in [3.05, 3.63) is 52.3 Å². The highest BCUT2D eigenvalue weighted by Gasteiger charge is 2.52. The topological polar surface area (TPSA) is 48.0 Å². The summed E-state index contributed by atoms with van der Waals surface area (Å²) in [6, 6.07) is 8.48. The van der Waals surface area contributed by atoms with Crippen LogP contribution in [0.15, 0.2) is 24.3 Å². The third-order valence-corrected chi connectivity index (χ3v) is 5.47. The Balaban J connectivity index is 2.35. The van der Waals surface area contributed by atoms with E-state index in [2.05, 4.69) is 63.5 Å². The number of carbonyl (C=O) groups is 1. The number of rotatable bonds is 2. The predicted molar refractivity (Wildman–Crippen MR) is 94.2 cm³/mol. The first-order valence-corrected chi connectivity index (χ1v) is 8.19. The molecule has 3 heteroatoms. The highest BCUT2D eigenvalue weighted by Crippen LogP contribution is 2.53.